The van der Waals surface area contributed by atoms with Crippen LogP contribution in [0, 0.1) is 0 Å². The van der Waals surface area contributed by atoms with Crippen LogP contribution in [0.25, 0.3) is 0 Å². The summed E-state index contributed by atoms with van der Waals surface area (Å²) in [5.41, 5.74) is 0.767. The number of nitrogens with one attached hydrogen (secondary N) is 2. The van der Waals surface area contributed by atoms with Crippen LogP contribution in [0.3, 0.4) is 0 Å². The van der Waals surface area contributed by atoms with Crippen LogP contribution in [0.15, 0.2) is 77.8 Å². The number of amides is 2. The van der Waals surface area contributed by atoms with E-state index in [2.05, 4.69) is 10.3 Å². The second-order valence-electron chi connectivity index (χ2n) is 7.18. The lowest BCUT2D eigenvalue weighted by Crippen LogP contribution is -2.30. The van der Waals surface area contributed by atoms with Gasteiger partial charge in [0.2, 0.25) is 5.88 Å². The molecule has 0 aliphatic heterocycles. The van der Waals surface area contributed by atoms with E-state index in [-0.39, 0.29) is 28.4 Å². The van der Waals surface area contributed by atoms with E-state index in [1.165, 1.54) is 36.4 Å². The molecule has 2 N–H and O–H groups in total. The van der Waals surface area contributed by atoms with E-state index in [1.54, 1.807) is 44.2 Å². The number of carbonyl (C=O) groups excluding carboxylic acids is 3. The summed E-state index contributed by atoms with van der Waals surface area (Å²) in [7, 11) is -4.19. The lowest BCUT2D eigenvalue weighted by atomic mass is 10.2. The fraction of sp³-hybridized carbons (Fsp3) is 0.130. The Labute approximate surface area is 196 Å². The average molecular weight is 484 g/mol. The monoisotopic (exact) mass is 483 g/mol. The zero-order chi connectivity index (χ0) is 24.7. The van der Waals surface area contributed by atoms with Gasteiger partial charge < -0.3 is 14.8 Å². The Morgan fingerprint density at radius 2 is 1.53 bits per heavy atom. The molecule has 176 valence electrons. The molecule has 1 aromatic heterocycles. The van der Waals surface area contributed by atoms with Crippen molar-refractivity contribution in [2.45, 2.75) is 24.8 Å². The lowest BCUT2D eigenvalue weighted by Gasteiger charge is -2.10. The number of carbonyl (C=O) groups is 3. The minimum atomic E-state index is -4.19. The van der Waals surface area contributed by atoms with Crippen LogP contribution < -0.4 is 14.8 Å². The van der Waals surface area contributed by atoms with Crippen LogP contribution in [0.1, 0.15) is 34.6 Å². The Bertz CT molecular complexity index is 1270. The van der Waals surface area contributed by atoms with Crippen LogP contribution in [-0.4, -0.2) is 37.5 Å². The number of anilines is 1. The van der Waals surface area contributed by atoms with E-state index >= 15 is 0 Å². The first kappa shape index (κ1) is 24.4. The molecule has 0 atom stereocenters. The van der Waals surface area contributed by atoms with Gasteiger partial charge in [-0.1, -0.05) is 18.2 Å². The van der Waals surface area contributed by atoms with Gasteiger partial charge in [0, 0.05) is 23.5 Å². The van der Waals surface area contributed by atoms with Crippen LogP contribution >= 0.6 is 0 Å². The summed E-state index contributed by atoms with van der Waals surface area (Å²) in [5, 5.41) is 2.66. The third-order valence-electron chi connectivity index (χ3n) is 4.20. The van der Waals surface area contributed by atoms with Crippen molar-refractivity contribution in [1.82, 2.24) is 9.71 Å². The molecule has 0 spiro atoms. The molecule has 0 radical (unpaired) electrons. The zero-order valence-electron chi connectivity index (χ0n) is 18.2. The largest absolute Gasteiger partial charge is 0.515 e. The summed E-state index contributed by atoms with van der Waals surface area (Å²) in [6.07, 6.45) is -0.270. The van der Waals surface area contributed by atoms with E-state index in [0.717, 1.165) is 6.20 Å². The summed E-state index contributed by atoms with van der Waals surface area (Å²) in [5.74, 6) is -1.38. The Hall–Kier alpha value is -4.25. The first-order valence-corrected chi connectivity index (χ1v) is 11.5. The van der Waals surface area contributed by atoms with Crippen molar-refractivity contribution in [1.29, 1.82) is 0 Å². The van der Waals surface area contributed by atoms with Crippen molar-refractivity contribution in [3.63, 3.8) is 0 Å². The maximum atomic E-state index is 12.6. The molecule has 0 saturated heterocycles. The molecular formula is C23H21N3O7S. The summed E-state index contributed by atoms with van der Waals surface area (Å²) in [6.45, 7) is 3.30. The van der Waals surface area contributed by atoms with Crippen LogP contribution in [0.2, 0.25) is 0 Å². The molecule has 2 amide bonds. The topological polar surface area (TPSA) is 141 Å². The maximum absolute atomic E-state index is 12.6. The Balaban J connectivity index is 1.62. The number of hydrogen-bond acceptors (Lipinski definition) is 8. The number of ether oxygens (including phenoxy) is 2. The molecule has 2 aromatic carbocycles. The van der Waals surface area contributed by atoms with Crippen LogP contribution in [0.4, 0.5) is 10.5 Å². The fourth-order valence-corrected chi connectivity index (χ4v) is 3.60. The number of benzene rings is 2. The van der Waals surface area contributed by atoms with Crippen LogP contribution in [0.5, 0.6) is 5.88 Å². The number of aromatic nitrogens is 1. The second-order valence-corrected chi connectivity index (χ2v) is 8.87. The van der Waals surface area contributed by atoms with E-state index in [1.807, 2.05) is 4.72 Å². The molecule has 3 rings (SSSR count). The lowest BCUT2D eigenvalue weighted by molar-refractivity contribution is 0.0715. The normalized spacial score (nSPS) is 10.9. The SMILES string of the molecule is CC(C)OC(=O)Oc1ccc(C(=O)NS(=O)(=O)c2ccc(NC(=O)c3ccccc3)cc2)cn1. The van der Waals surface area contributed by atoms with Gasteiger partial charge in [-0.05, 0) is 56.3 Å². The summed E-state index contributed by atoms with van der Waals surface area (Å²) in [6, 6.07) is 16.3. The molecule has 10 nitrogen and oxygen atoms in total. The number of rotatable bonds is 7. The minimum Gasteiger partial charge on any atom is -0.431 e. The number of pyridine rings is 1. The predicted octanol–water partition coefficient (Wildman–Crippen LogP) is 3.38. The molecule has 0 aliphatic rings. The van der Waals surface area contributed by atoms with Gasteiger partial charge in [-0.2, -0.15) is 0 Å². The van der Waals surface area contributed by atoms with E-state index in [9.17, 15) is 22.8 Å². The van der Waals surface area contributed by atoms with Gasteiger partial charge in [0.25, 0.3) is 21.8 Å². The molecule has 0 fully saturated rings. The molecule has 3 aromatic rings. The molecule has 34 heavy (non-hydrogen) atoms. The maximum Gasteiger partial charge on any atom is 0.515 e. The molecular weight excluding hydrogens is 462 g/mol. The van der Waals surface area contributed by atoms with E-state index in [0.29, 0.717) is 11.3 Å². The van der Waals surface area contributed by atoms with Gasteiger partial charge in [0.1, 0.15) is 0 Å². The Morgan fingerprint density at radius 1 is 0.853 bits per heavy atom. The highest BCUT2D eigenvalue weighted by Gasteiger charge is 2.20. The third kappa shape index (κ3) is 6.62. The molecule has 0 saturated carbocycles. The highest BCUT2D eigenvalue weighted by molar-refractivity contribution is 7.90. The Morgan fingerprint density at radius 3 is 2.12 bits per heavy atom. The predicted molar refractivity (Wildman–Crippen MR) is 122 cm³/mol. The highest BCUT2D eigenvalue weighted by Crippen LogP contribution is 2.16. The van der Waals surface area contributed by atoms with Gasteiger partial charge in [0.15, 0.2) is 0 Å². The smallest absolute Gasteiger partial charge is 0.431 e. The first-order chi connectivity index (χ1) is 16.1. The number of sulfonamides is 1. The van der Waals surface area contributed by atoms with Gasteiger partial charge in [-0.3, -0.25) is 9.59 Å². The Kier molecular flexibility index (Phi) is 7.59. The molecule has 0 unspecified atom stereocenters. The van der Waals surface area contributed by atoms with Crippen LogP contribution in [-0.2, 0) is 14.8 Å². The minimum absolute atomic E-state index is 0.0695. The third-order valence-corrected chi connectivity index (χ3v) is 5.55. The second kappa shape index (κ2) is 10.6. The standard InChI is InChI=1S/C23H21N3O7S/c1-15(2)32-23(29)33-20-13-8-17(14-24-20)22(28)26-34(30,31)19-11-9-18(10-12-19)25-21(27)16-6-4-3-5-7-16/h3-15H,1-2H3,(H,25,27)(H,26,28). The highest BCUT2D eigenvalue weighted by atomic mass is 32.2. The van der Waals surface area contributed by atoms with Crippen molar-refractivity contribution >= 4 is 33.7 Å². The van der Waals surface area contributed by atoms with Crippen molar-refractivity contribution in [2.24, 2.45) is 0 Å². The summed E-state index contributed by atoms with van der Waals surface area (Å²) >= 11 is 0. The molecule has 11 heteroatoms. The fourth-order valence-electron chi connectivity index (χ4n) is 2.63. The van der Waals surface area contributed by atoms with Gasteiger partial charge >= 0.3 is 6.16 Å². The molecule has 0 bridgehead atoms. The van der Waals surface area contributed by atoms with E-state index in [4.69, 9.17) is 9.47 Å². The first-order valence-electron chi connectivity index (χ1n) is 10.0. The zero-order valence-corrected chi connectivity index (χ0v) is 19.0. The number of nitrogens with zero attached hydrogens (tertiary/aromatic N) is 1. The number of hydrogen-bond donors (Lipinski definition) is 2. The van der Waals surface area contributed by atoms with Gasteiger partial charge in [0.05, 0.1) is 16.6 Å². The van der Waals surface area contributed by atoms with Crippen molar-refractivity contribution in [2.75, 3.05) is 5.32 Å². The summed E-state index contributed by atoms with van der Waals surface area (Å²) < 4.78 is 36.7. The van der Waals surface area contributed by atoms with Crippen molar-refractivity contribution < 1.29 is 32.3 Å². The van der Waals surface area contributed by atoms with Crippen molar-refractivity contribution in [3.05, 3.63) is 84.1 Å². The molecule has 1 heterocycles. The molecule has 0 aliphatic carbocycles. The van der Waals surface area contributed by atoms with Crippen molar-refractivity contribution in [3.8, 4) is 5.88 Å². The van der Waals surface area contributed by atoms with Gasteiger partial charge in [-0.25, -0.2) is 22.9 Å². The average Bonchev–Trinajstić information content (AvgIpc) is 2.79. The van der Waals surface area contributed by atoms with E-state index < -0.39 is 22.1 Å². The summed E-state index contributed by atoms with van der Waals surface area (Å²) in [4.78, 5) is 39.7. The van der Waals surface area contributed by atoms with Gasteiger partial charge in [-0.15, -0.1) is 0 Å². The quantitative estimate of drug-likeness (QED) is 0.487.